The second-order valence-corrected chi connectivity index (χ2v) is 8.08. The highest BCUT2D eigenvalue weighted by Crippen LogP contribution is 2.61. The lowest BCUT2D eigenvalue weighted by atomic mass is 9.49. The zero-order chi connectivity index (χ0) is 17.3. The van der Waals surface area contributed by atoms with Crippen molar-refractivity contribution in [2.24, 2.45) is 23.2 Å². The first kappa shape index (κ1) is 17.2. The van der Waals surface area contributed by atoms with Gasteiger partial charge in [-0.2, -0.15) is 0 Å². The summed E-state index contributed by atoms with van der Waals surface area (Å²) in [6, 6.07) is -0.563. The first-order chi connectivity index (χ1) is 11.4. The van der Waals surface area contributed by atoms with Crippen LogP contribution in [0.2, 0.25) is 0 Å². The smallest absolute Gasteiger partial charge is 0.321 e. The van der Waals surface area contributed by atoms with Crippen molar-refractivity contribution >= 4 is 17.9 Å². The molecule has 0 aromatic carbocycles. The molecule has 4 aliphatic rings. The second kappa shape index (κ2) is 6.73. The van der Waals surface area contributed by atoms with E-state index in [1.54, 1.807) is 6.92 Å². The molecule has 0 radical (unpaired) electrons. The van der Waals surface area contributed by atoms with E-state index < -0.39 is 18.0 Å². The number of hydrogen-bond donors (Lipinski definition) is 2. The molecule has 6 nitrogen and oxygen atoms in total. The van der Waals surface area contributed by atoms with Gasteiger partial charge in [0.2, 0.25) is 0 Å². The Morgan fingerprint density at radius 1 is 1.08 bits per heavy atom. The summed E-state index contributed by atoms with van der Waals surface area (Å²) in [4.78, 5) is 35.6. The molecule has 0 unspecified atom stereocenters. The molecule has 2 N–H and O–H groups in total. The minimum absolute atomic E-state index is 0.0988. The van der Waals surface area contributed by atoms with E-state index >= 15 is 0 Å². The number of ether oxygens (including phenoxy) is 1. The number of amides is 3. The molecule has 4 aliphatic carbocycles. The number of carbonyl (C=O) groups excluding carboxylic acids is 3. The van der Waals surface area contributed by atoms with Crippen molar-refractivity contribution in [2.75, 3.05) is 6.54 Å². The fourth-order valence-corrected chi connectivity index (χ4v) is 5.52. The standard InChI is InChI=1S/C18H28N2O4/c1-3-19-17(23)20-16(22)11(2)24-15(21)10-18-7-12-4-13(8-18)6-14(5-12)9-18/h11-14H,3-10H2,1-2H3,(H2,19,20,22,23)/t11-,12?,13?,14?,18?/m0/s1. The molecule has 0 spiro atoms. The molecule has 6 heteroatoms. The fourth-order valence-electron chi connectivity index (χ4n) is 5.52. The van der Waals surface area contributed by atoms with Crippen LogP contribution in [-0.2, 0) is 14.3 Å². The highest BCUT2D eigenvalue weighted by molar-refractivity contribution is 5.97. The molecule has 4 saturated carbocycles. The first-order valence-corrected chi connectivity index (χ1v) is 9.17. The molecule has 0 aromatic heterocycles. The lowest BCUT2D eigenvalue weighted by Crippen LogP contribution is -2.48. The predicted molar refractivity (Wildman–Crippen MR) is 88.0 cm³/mol. The normalized spacial score (nSPS) is 34.5. The highest BCUT2D eigenvalue weighted by atomic mass is 16.5. The van der Waals surface area contributed by atoms with Gasteiger partial charge in [-0.25, -0.2) is 4.79 Å². The summed E-state index contributed by atoms with van der Waals surface area (Å²) in [5.74, 6) is 1.45. The van der Waals surface area contributed by atoms with Crippen LogP contribution >= 0.6 is 0 Å². The van der Waals surface area contributed by atoms with Crippen molar-refractivity contribution in [3.63, 3.8) is 0 Å². The van der Waals surface area contributed by atoms with E-state index in [1.807, 2.05) is 0 Å². The van der Waals surface area contributed by atoms with Crippen molar-refractivity contribution in [1.82, 2.24) is 10.6 Å². The van der Waals surface area contributed by atoms with Gasteiger partial charge in [-0.3, -0.25) is 14.9 Å². The van der Waals surface area contributed by atoms with Gasteiger partial charge in [0.15, 0.2) is 6.10 Å². The van der Waals surface area contributed by atoms with Crippen LogP contribution in [0.25, 0.3) is 0 Å². The summed E-state index contributed by atoms with van der Waals surface area (Å²) in [7, 11) is 0. The molecule has 3 amide bonds. The maximum Gasteiger partial charge on any atom is 0.321 e. The molecular weight excluding hydrogens is 308 g/mol. The van der Waals surface area contributed by atoms with E-state index in [0.29, 0.717) is 13.0 Å². The third-order valence-corrected chi connectivity index (χ3v) is 5.94. The lowest BCUT2D eigenvalue weighted by molar-refractivity contribution is -0.161. The fraction of sp³-hybridized carbons (Fsp3) is 0.833. The largest absolute Gasteiger partial charge is 0.453 e. The number of urea groups is 1. The number of imide groups is 1. The van der Waals surface area contributed by atoms with Gasteiger partial charge in [-0.1, -0.05) is 0 Å². The Bertz CT molecular complexity index is 496. The van der Waals surface area contributed by atoms with Gasteiger partial charge >= 0.3 is 12.0 Å². The van der Waals surface area contributed by atoms with Gasteiger partial charge < -0.3 is 10.1 Å². The molecule has 4 fully saturated rings. The molecule has 0 aliphatic heterocycles. The third kappa shape index (κ3) is 3.73. The topological polar surface area (TPSA) is 84.5 Å². The van der Waals surface area contributed by atoms with Crippen molar-refractivity contribution in [1.29, 1.82) is 0 Å². The van der Waals surface area contributed by atoms with E-state index in [1.165, 1.54) is 26.2 Å². The van der Waals surface area contributed by atoms with E-state index in [2.05, 4.69) is 10.6 Å². The highest BCUT2D eigenvalue weighted by Gasteiger charge is 2.51. The van der Waals surface area contributed by atoms with Crippen LogP contribution in [0, 0.1) is 23.2 Å². The van der Waals surface area contributed by atoms with Gasteiger partial charge in [-0.15, -0.1) is 0 Å². The number of nitrogens with one attached hydrogen (secondary N) is 2. The van der Waals surface area contributed by atoms with Crippen molar-refractivity contribution in [2.45, 2.75) is 64.9 Å². The quantitative estimate of drug-likeness (QED) is 0.755. The van der Waals surface area contributed by atoms with Crippen LogP contribution in [0.5, 0.6) is 0 Å². The van der Waals surface area contributed by atoms with E-state index in [9.17, 15) is 14.4 Å². The second-order valence-electron chi connectivity index (χ2n) is 8.08. The summed E-state index contributed by atoms with van der Waals surface area (Å²) in [5, 5.41) is 4.66. The summed E-state index contributed by atoms with van der Waals surface area (Å²) in [5.41, 5.74) is 0.0988. The molecule has 134 valence electrons. The molecule has 4 rings (SSSR count). The predicted octanol–water partition coefficient (Wildman–Crippen LogP) is 2.37. The Hall–Kier alpha value is -1.59. The molecular formula is C18H28N2O4. The zero-order valence-electron chi connectivity index (χ0n) is 14.6. The van der Waals surface area contributed by atoms with Gasteiger partial charge in [0.05, 0.1) is 6.42 Å². The van der Waals surface area contributed by atoms with Crippen molar-refractivity contribution < 1.29 is 19.1 Å². The van der Waals surface area contributed by atoms with E-state index in [0.717, 1.165) is 37.0 Å². The lowest BCUT2D eigenvalue weighted by Gasteiger charge is -2.56. The summed E-state index contributed by atoms with van der Waals surface area (Å²) >= 11 is 0. The zero-order valence-corrected chi connectivity index (χ0v) is 14.6. The minimum atomic E-state index is -0.950. The van der Waals surface area contributed by atoms with Crippen LogP contribution in [0.3, 0.4) is 0 Å². The van der Waals surface area contributed by atoms with Crippen molar-refractivity contribution in [3.05, 3.63) is 0 Å². The van der Waals surface area contributed by atoms with E-state index in [-0.39, 0.29) is 11.4 Å². The average molecular weight is 336 g/mol. The average Bonchev–Trinajstić information content (AvgIpc) is 2.44. The Labute approximate surface area is 143 Å². The van der Waals surface area contributed by atoms with Crippen LogP contribution in [0.1, 0.15) is 58.8 Å². The number of rotatable bonds is 5. The van der Waals surface area contributed by atoms with Gasteiger partial charge in [0.25, 0.3) is 5.91 Å². The van der Waals surface area contributed by atoms with Gasteiger partial charge in [0.1, 0.15) is 0 Å². The minimum Gasteiger partial charge on any atom is -0.453 e. The van der Waals surface area contributed by atoms with Crippen molar-refractivity contribution in [3.8, 4) is 0 Å². The maximum absolute atomic E-state index is 12.4. The molecule has 4 bridgehead atoms. The Morgan fingerprint density at radius 3 is 2.12 bits per heavy atom. The summed E-state index contributed by atoms with van der Waals surface area (Å²) in [6.07, 6.45) is 6.86. The van der Waals surface area contributed by atoms with Crippen LogP contribution in [-0.4, -0.2) is 30.6 Å². The van der Waals surface area contributed by atoms with Crippen LogP contribution < -0.4 is 10.6 Å². The number of carbonyl (C=O) groups is 3. The van der Waals surface area contributed by atoms with E-state index in [4.69, 9.17) is 4.74 Å². The molecule has 0 saturated heterocycles. The number of hydrogen-bond acceptors (Lipinski definition) is 4. The molecule has 0 aromatic rings. The molecule has 24 heavy (non-hydrogen) atoms. The monoisotopic (exact) mass is 336 g/mol. The molecule has 1 atom stereocenters. The number of esters is 1. The maximum atomic E-state index is 12.4. The Kier molecular flexibility index (Phi) is 4.83. The molecule has 0 heterocycles. The van der Waals surface area contributed by atoms with Gasteiger partial charge in [0, 0.05) is 6.54 Å². The van der Waals surface area contributed by atoms with Crippen LogP contribution in [0.15, 0.2) is 0 Å². The first-order valence-electron chi connectivity index (χ1n) is 9.17. The third-order valence-electron chi connectivity index (χ3n) is 5.94. The summed E-state index contributed by atoms with van der Waals surface area (Å²) < 4.78 is 5.30. The Morgan fingerprint density at radius 2 is 1.62 bits per heavy atom. The Balaban J connectivity index is 1.50. The van der Waals surface area contributed by atoms with Gasteiger partial charge in [-0.05, 0) is 75.5 Å². The van der Waals surface area contributed by atoms with Crippen LogP contribution in [0.4, 0.5) is 4.79 Å². The SMILES string of the molecule is CCNC(=O)NC(=O)[C@H](C)OC(=O)CC12CC3CC(CC(C3)C1)C2. The summed E-state index contributed by atoms with van der Waals surface area (Å²) in [6.45, 7) is 3.70.